The molecule has 0 aliphatic carbocycles. The third kappa shape index (κ3) is 2.50. The molecule has 6 nitrogen and oxygen atoms in total. The highest BCUT2D eigenvalue weighted by atomic mass is 16.5. The zero-order valence-electron chi connectivity index (χ0n) is 11.1. The molecule has 0 amide bonds. The fraction of sp³-hybridized carbons (Fsp3) is 0.692. The largest absolute Gasteiger partial charge is 0.373 e. The Bertz CT molecular complexity index is 519. The number of rotatable bonds is 2. The maximum Gasteiger partial charge on any atom is 0.290 e. The van der Waals surface area contributed by atoms with Gasteiger partial charge in [-0.1, -0.05) is 0 Å². The molecule has 19 heavy (non-hydrogen) atoms. The van der Waals surface area contributed by atoms with Crippen LogP contribution < -0.4 is 10.9 Å². The summed E-state index contributed by atoms with van der Waals surface area (Å²) in [6.07, 6.45) is 2.43. The van der Waals surface area contributed by atoms with Crippen LogP contribution in [0.3, 0.4) is 0 Å². The van der Waals surface area contributed by atoms with Crippen molar-refractivity contribution in [3.8, 4) is 0 Å². The number of aromatic nitrogens is 1. The lowest BCUT2D eigenvalue weighted by atomic mass is 9.94. The van der Waals surface area contributed by atoms with Gasteiger partial charge in [-0.25, -0.2) is 0 Å². The predicted molar refractivity (Wildman–Crippen MR) is 69.3 cm³/mol. The number of fused-ring (bicyclic) bond motifs is 1. The second-order valence-corrected chi connectivity index (χ2v) is 5.53. The molecule has 1 aromatic heterocycles. The first-order chi connectivity index (χ1) is 9.13. The van der Waals surface area contributed by atoms with Gasteiger partial charge in [-0.3, -0.25) is 14.5 Å². The van der Waals surface area contributed by atoms with Crippen molar-refractivity contribution >= 4 is 5.91 Å². The van der Waals surface area contributed by atoms with Gasteiger partial charge in [0.05, 0.1) is 6.54 Å². The summed E-state index contributed by atoms with van der Waals surface area (Å²) >= 11 is 0. The monoisotopic (exact) mass is 265 g/mol. The van der Waals surface area contributed by atoms with Gasteiger partial charge in [0, 0.05) is 25.2 Å². The van der Waals surface area contributed by atoms with Gasteiger partial charge in [-0.2, -0.15) is 0 Å². The van der Waals surface area contributed by atoms with Gasteiger partial charge in [-0.05, 0) is 32.2 Å². The first-order valence-corrected chi connectivity index (χ1v) is 6.82. The molecule has 0 unspecified atom stereocenters. The van der Waals surface area contributed by atoms with Crippen molar-refractivity contribution in [2.45, 2.75) is 25.8 Å². The number of likely N-dealkylation sites (tertiary alicyclic amines) is 1. The molecule has 104 valence electrons. The molecule has 0 aromatic carbocycles. The standard InChI is InChI=1S/C13H19N3O3/c1-9-5-12(17)16(19-9)13(18)8-15-6-10-3-2-4-14-11(10)7-15/h5,10-11,14H,2-4,6-8H2,1H3/t10-,11+/m0/s1. The Labute approximate surface area is 111 Å². The minimum atomic E-state index is -0.378. The van der Waals surface area contributed by atoms with Crippen molar-refractivity contribution in [2.75, 3.05) is 26.2 Å². The minimum absolute atomic E-state index is 0.252. The zero-order valence-corrected chi connectivity index (χ0v) is 11.1. The van der Waals surface area contributed by atoms with Crippen LogP contribution in [0.2, 0.25) is 0 Å². The summed E-state index contributed by atoms with van der Waals surface area (Å²) in [4.78, 5) is 25.7. The Kier molecular flexibility index (Phi) is 3.28. The van der Waals surface area contributed by atoms with Crippen LogP contribution in [0.15, 0.2) is 15.4 Å². The molecule has 2 aliphatic heterocycles. The second kappa shape index (κ2) is 4.94. The lowest BCUT2D eigenvalue weighted by Crippen LogP contribution is -2.41. The molecule has 1 N–H and O–H groups in total. The minimum Gasteiger partial charge on any atom is -0.373 e. The van der Waals surface area contributed by atoms with E-state index in [0.717, 1.165) is 24.4 Å². The lowest BCUT2D eigenvalue weighted by molar-refractivity contribution is 0.0727. The van der Waals surface area contributed by atoms with E-state index in [4.69, 9.17) is 4.52 Å². The molecule has 2 atom stereocenters. The summed E-state index contributed by atoms with van der Waals surface area (Å²) in [6, 6.07) is 1.83. The van der Waals surface area contributed by atoms with Crippen molar-refractivity contribution in [1.29, 1.82) is 0 Å². The van der Waals surface area contributed by atoms with Crippen molar-refractivity contribution in [3.05, 3.63) is 22.2 Å². The topological polar surface area (TPSA) is 67.5 Å². The zero-order chi connectivity index (χ0) is 13.4. The van der Waals surface area contributed by atoms with Crippen molar-refractivity contribution < 1.29 is 9.32 Å². The van der Waals surface area contributed by atoms with E-state index in [-0.39, 0.29) is 18.0 Å². The number of aryl methyl sites for hydroxylation is 1. The van der Waals surface area contributed by atoms with Crippen LogP contribution in [0.25, 0.3) is 0 Å². The van der Waals surface area contributed by atoms with Crippen molar-refractivity contribution in [1.82, 2.24) is 15.0 Å². The Morgan fingerprint density at radius 2 is 2.37 bits per heavy atom. The molecule has 0 spiro atoms. The van der Waals surface area contributed by atoms with Crippen LogP contribution in [0.1, 0.15) is 23.4 Å². The third-order valence-electron chi connectivity index (χ3n) is 4.02. The number of nitrogens with one attached hydrogen (secondary N) is 1. The average Bonchev–Trinajstić information content (AvgIpc) is 2.91. The van der Waals surface area contributed by atoms with E-state index in [9.17, 15) is 9.59 Å². The molecule has 2 aliphatic rings. The first kappa shape index (κ1) is 12.6. The Hall–Kier alpha value is -1.40. The van der Waals surface area contributed by atoms with Gasteiger partial charge in [0.1, 0.15) is 5.76 Å². The molecule has 0 bridgehead atoms. The SMILES string of the molecule is Cc1cc(=O)n(C(=O)CN2C[C@@H]3CCCN[C@@H]3C2)o1. The van der Waals surface area contributed by atoms with E-state index in [2.05, 4.69) is 10.2 Å². The van der Waals surface area contributed by atoms with Crippen LogP contribution in [0.5, 0.6) is 0 Å². The smallest absolute Gasteiger partial charge is 0.290 e. The highest BCUT2D eigenvalue weighted by Gasteiger charge is 2.35. The van der Waals surface area contributed by atoms with Gasteiger partial charge in [0.2, 0.25) is 0 Å². The highest BCUT2D eigenvalue weighted by Crippen LogP contribution is 2.24. The molecule has 2 saturated heterocycles. The molecule has 0 saturated carbocycles. The van der Waals surface area contributed by atoms with Crippen molar-refractivity contribution in [2.24, 2.45) is 5.92 Å². The summed E-state index contributed by atoms with van der Waals surface area (Å²) in [6.45, 7) is 4.80. The molecule has 6 heteroatoms. The second-order valence-electron chi connectivity index (χ2n) is 5.53. The van der Waals surface area contributed by atoms with Gasteiger partial charge in [0.15, 0.2) is 0 Å². The summed E-state index contributed by atoms with van der Waals surface area (Å²) < 4.78 is 5.98. The van der Waals surface area contributed by atoms with Crippen LogP contribution in [-0.2, 0) is 0 Å². The molecule has 3 heterocycles. The van der Waals surface area contributed by atoms with Crippen LogP contribution >= 0.6 is 0 Å². The third-order valence-corrected chi connectivity index (χ3v) is 4.02. The lowest BCUT2D eigenvalue weighted by Gasteiger charge is -2.24. The predicted octanol–water partition coefficient (Wildman–Crippen LogP) is 0.0737. The average molecular weight is 265 g/mol. The number of carbonyl (C=O) groups is 1. The maximum atomic E-state index is 12.0. The highest BCUT2D eigenvalue weighted by molar-refractivity contribution is 5.79. The Morgan fingerprint density at radius 3 is 3.05 bits per heavy atom. The number of piperidine rings is 1. The molecule has 3 rings (SSSR count). The number of nitrogens with zero attached hydrogens (tertiary/aromatic N) is 2. The molecule has 2 fully saturated rings. The van der Waals surface area contributed by atoms with E-state index >= 15 is 0 Å². The number of hydrogen-bond acceptors (Lipinski definition) is 5. The van der Waals surface area contributed by atoms with Gasteiger partial charge in [0.25, 0.3) is 11.5 Å². The fourth-order valence-electron chi connectivity index (χ4n) is 3.14. The van der Waals surface area contributed by atoms with Gasteiger partial charge in [-0.15, -0.1) is 4.74 Å². The van der Waals surface area contributed by atoms with E-state index in [1.807, 2.05) is 0 Å². The summed E-state index contributed by atoms with van der Waals surface area (Å²) in [5.74, 6) is 0.823. The van der Waals surface area contributed by atoms with Crippen molar-refractivity contribution in [3.63, 3.8) is 0 Å². The van der Waals surface area contributed by atoms with Crippen LogP contribution in [0, 0.1) is 12.8 Å². The van der Waals surface area contributed by atoms with E-state index in [0.29, 0.717) is 17.7 Å². The summed E-state index contributed by atoms with van der Waals surface area (Å²) in [5.41, 5.74) is -0.378. The Balaban J connectivity index is 1.64. The van der Waals surface area contributed by atoms with Crippen LogP contribution in [0.4, 0.5) is 0 Å². The maximum absolute atomic E-state index is 12.0. The van der Waals surface area contributed by atoms with E-state index in [1.54, 1.807) is 6.92 Å². The van der Waals surface area contributed by atoms with E-state index < -0.39 is 0 Å². The summed E-state index contributed by atoms with van der Waals surface area (Å²) in [5, 5.41) is 3.49. The fourth-order valence-corrected chi connectivity index (χ4v) is 3.14. The quantitative estimate of drug-likeness (QED) is 0.820. The van der Waals surface area contributed by atoms with Gasteiger partial charge >= 0.3 is 0 Å². The Morgan fingerprint density at radius 1 is 1.53 bits per heavy atom. The molecule has 0 radical (unpaired) electrons. The number of hydrogen-bond donors (Lipinski definition) is 1. The van der Waals surface area contributed by atoms with E-state index in [1.165, 1.54) is 18.9 Å². The molecular weight excluding hydrogens is 246 g/mol. The van der Waals surface area contributed by atoms with Crippen LogP contribution in [-0.4, -0.2) is 47.8 Å². The number of carbonyl (C=O) groups excluding carboxylic acids is 1. The normalized spacial score (nSPS) is 27.4. The molecule has 1 aromatic rings. The summed E-state index contributed by atoms with van der Waals surface area (Å²) in [7, 11) is 0. The first-order valence-electron chi connectivity index (χ1n) is 6.82. The van der Waals surface area contributed by atoms with Gasteiger partial charge < -0.3 is 9.84 Å². The molecular formula is C13H19N3O3.